The molecule has 4 nitrogen and oxygen atoms in total. The fraction of sp³-hybridized carbons (Fsp3) is 0.938. The third-order valence-electron chi connectivity index (χ3n) is 4.99. The molecule has 1 aliphatic carbocycles. The SMILES string of the molecule is CCN1CCCC1CNC(=NC)NC1CCC(C)CC1. The van der Waals surface area contributed by atoms with Crippen molar-refractivity contribution < 1.29 is 0 Å². The molecule has 0 aromatic carbocycles. The third-order valence-corrected chi connectivity index (χ3v) is 4.99. The van der Waals surface area contributed by atoms with Crippen LogP contribution in [0, 0.1) is 5.92 Å². The lowest BCUT2D eigenvalue weighted by molar-refractivity contribution is 0.266. The van der Waals surface area contributed by atoms with Gasteiger partial charge >= 0.3 is 0 Å². The normalized spacial score (nSPS) is 32.4. The molecule has 2 aliphatic rings. The lowest BCUT2D eigenvalue weighted by atomic mass is 9.87. The smallest absolute Gasteiger partial charge is 0.191 e. The molecule has 1 saturated carbocycles. The molecule has 0 aromatic rings. The summed E-state index contributed by atoms with van der Waals surface area (Å²) in [5.74, 6) is 1.90. The summed E-state index contributed by atoms with van der Waals surface area (Å²) in [7, 11) is 1.88. The summed E-state index contributed by atoms with van der Waals surface area (Å²) < 4.78 is 0. The summed E-state index contributed by atoms with van der Waals surface area (Å²) in [6.45, 7) is 8.07. The molecule has 116 valence electrons. The average Bonchev–Trinajstić information content (AvgIpc) is 2.93. The standard InChI is InChI=1S/C16H32N4/c1-4-20-11-5-6-15(20)12-18-16(17-3)19-14-9-7-13(2)8-10-14/h13-15H,4-12H2,1-3H3,(H2,17,18,19). The van der Waals surface area contributed by atoms with E-state index in [2.05, 4.69) is 34.4 Å². The van der Waals surface area contributed by atoms with Gasteiger partial charge in [0.05, 0.1) is 0 Å². The minimum absolute atomic E-state index is 0.614. The monoisotopic (exact) mass is 280 g/mol. The predicted octanol–water partition coefficient (Wildman–Crippen LogP) is 2.21. The first kappa shape index (κ1) is 15.6. The second-order valence-corrected chi connectivity index (χ2v) is 6.48. The molecule has 1 atom stereocenters. The number of likely N-dealkylation sites (tertiary alicyclic amines) is 1. The minimum Gasteiger partial charge on any atom is -0.355 e. The van der Waals surface area contributed by atoms with Crippen molar-refractivity contribution in [3.8, 4) is 0 Å². The van der Waals surface area contributed by atoms with Crippen molar-refractivity contribution in [1.82, 2.24) is 15.5 Å². The number of nitrogens with zero attached hydrogens (tertiary/aromatic N) is 2. The summed E-state index contributed by atoms with van der Waals surface area (Å²) in [6, 6.07) is 1.30. The highest BCUT2D eigenvalue weighted by Crippen LogP contribution is 2.23. The Balaban J connectivity index is 1.72. The van der Waals surface area contributed by atoms with Crippen LogP contribution in [0.25, 0.3) is 0 Å². The van der Waals surface area contributed by atoms with Crippen molar-refractivity contribution in [2.24, 2.45) is 10.9 Å². The largest absolute Gasteiger partial charge is 0.355 e. The maximum Gasteiger partial charge on any atom is 0.191 e. The van der Waals surface area contributed by atoms with Gasteiger partial charge in [-0.1, -0.05) is 13.8 Å². The Morgan fingerprint density at radius 1 is 1.20 bits per heavy atom. The van der Waals surface area contributed by atoms with E-state index in [1.165, 1.54) is 51.6 Å². The van der Waals surface area contributed by atoms with Gasteiger partial charge in [-0.2, -0.15) is 0 Å². The quantitative estimate of drug-likeness (QED) is 0.613. The molecule has 1 aliphatic heterocycles. The van der Waals surface area contributed by atoms with Gasteiger partial charge in [-0.15, -0.1) is 0 Å². The van der Waals surface area contributed by atoms with E-state index < -0.39 is 0 Å². The van der Waals surface area contributed by atoms with Crippen molar-refractivity contribution in [2.75, 3.05) is 26.7 Å². The molecule has 1 heterocycles. The summed E-state index contributed by atoms with van der Waals surface area (Å²) >= 11 is 0. The summed E-state index contributed by atoms with van der Waals surface area (Å²) in [5, 5.41) is 7.13. The highest BCUT2D eigenvalue weighted by Gasteiger charge is 2.23. The molecule has 20 heavy (non-hydrogen) atoms. The van der Waals surface area contributed by atoms with Crippen LogP contribution < -0.4 is 10.6 Å². The number of likely N-dealkylation sites (N-methyl/N-ethyl adjacent to an activating group) is 1. The number of nitrogens with one attached hydrogen (secondary N) is 2. The van der Waals surface area contributed by atoms with E-state index in [1.54, 1.807) is 0 Å². The van der Waals surface area contributed by atoms with E-state index in [1.807, 2.05) is 7.05 Å². The average molecular weight is 280 g/mol. The first-order valence-electron chi connectivity index (χ1n) is 8.44. The summed E-state index contributed by atoms with van der Waals surface area (Å²) in [6.07, 6.45) is 7.92. The Bertz CT molecular complexity index is 308. The molecule has 0 radical (unpaired) electrons. The van der Waals surface area contributed by atoms with Gasteiger partial charge in [0.1, 0.15) is 0 Å². The molecule has 4 heteroatoms. The van der Waals surface area contributed by atoms with Crippen molar-refractivity contribution in [3.63, 3.8) is 0 Å². The van der Waals surface area contributed by atoms with E-state index >= 15 is 0 Å². The van der Waals surface area contributed by atoms with E-state index in [0.29, 0.717) is 12.1 Å². The van der Waals surface area contributed by atoms with Crippen molar-refractivity contribution in [2.45, 2.75) is 64.5 Å². The molecule has 0 bridgehead atoms. The third kappa shape index (κ3) is 4.37. The van der Waals surface area contributed by atoms with Crippen LogP contribution in [0.1, 0.15) is 52.4 Å². The topological polar surface area (TPSA) is 39.7 Å². The van der Waals surface area contributed by atoms with Crippen LogP contribution >= 0.6 is 0 Å². The molecular formula is C16H32N4. The van der Waals surface area contributed by atoms with Gasteiger partial charge < -0.3 is 10.6 Å². The number of aliphatic imine (C=N–C) groups is 1. The summed E-state index contributed by atoms with van der Waals surface area (Å²) in [5.41, 5.74) is 0. The molecular weight excluding hydrogens is 248 g/mol. The first-order chi connectivity index (χ1) is 9.72. The van der Waals surface area contributed by atoms with Crippen LogP contribution in [0.4, 0.5) is 0 Å². The lowest BCUT2D eigenvalue weighted by Crippen LogP contribution is -2.48. The highest BCUT2D eigenvalue weighted by molar-refractivity contribution is 5.80. The van der Waals surface area contributed by atoms with Crippen LogP contribution in [-0.2, 0) is 0 Å². The first-order valence-corrected chi connectivity index (χ1v) is 8.44. The zero-order chi connectivity index (χ0) is 14.4. The Labute approximate surface area is 124 Å². The van der Waals surface area contributed by atoms with Crippen molar-refractivity contribution >= 4 is 5.96 Å². The molecule has 1 unspecified atom stereocenters. The van der Waals surface area contributed by atoms with Gasteiger partial charge in [-0.25, -0.2) is 0 Å². The van der Waals surface area contributed by atoms with Gasteiger partial charge in [0.25, 0.3) is 0 Å². The Hall–Kier alpha value is -0.770. The van der Waals surface area contributed by atoms with Gasteiger partial charge in [0, 0.05) is 25.7 Å². The number of hydrogen-bond acceptors (Lipinski definition) is 2. The Kier molecular flexibility index (Phi) is 6.14. The van der Waals surface area contributed by atoms with Crippen LogP contribution in [-0.4, -0.2) is 49.6 Å². The number of rotatable bonds is 4. The highest BCUT2D eigenvalue weighted by atomic mass is 15.2. The molecule has 0 spiro atoms. The lowest BCUT2D eigenvalue weighted by Gasteiger charge is -2.29. The van der Waals surface area contributed by atoms with Gasteiger partial charge in [-0.05, 0) is 57.5 Å². The van der Waals surface area contributed by atoms with Crippen LogP contribution in [0.5, 0.6) is 0 Å². The van der Waals surface area contributed by atoms with Crippen molar-refractivity contribution in [1.29, 1.82) is 0 Å². The van der Waals surface area contributed by atoms with Gasteiger partial charge in [-0.3, -0.25) is 9.89 Å². The van der Waals surface area contributed by atoms with E-state index in [9.17, 15) is 0 Å². The molecule has 1 saturated heterocycles. The van der Waals surface area contributed by atoms with Gasteiger partial charge in [0.15, 0.2) is 5.96 Å². The Morgan fingerprint density at radius 3 is 2.60 bits per heavy atom. The molecule has 0 amide bonds. The fourth-order valence-electron chi connectivity index (χ4n) is 3.55. The van der Waals surface area contributed by atoms with E-state index in [4.69, 9.17) is 0 Å². The van der Waals surface area contributed by atoms with Gasteiger partial charge in [0.2, 0.25) is 0 Å². The van der Waals surface area contributed by atoms with Crippen molar-refractivity contribution in [3.05, 3.63) is 0 Å². The number of hydrogen-bond donors (Lipinski definition) is 2. The zero-order valence-electron chi connectivity index (χ0n) is 13.5. The van der Waals surface area contributed by atoms with E-state index in [0.717, 1.165) is 18.4 Å². The summed E-state index contributed by atoms with van der Waals surface area (Å²) in [4.78, 5) is 6.96. The molecule has 0 aromatic heterocycles. The minimum atomic E-state index is 0.614. The fourth-order valence-corrected chi connectivity index (χ4v) is 3.55. The molecule has 2 fully saturated rings. The zero-order valence-corrected chi connectivity index (χ0v) is 13.5. The maximum atomic E-state index is 4.39. The molecule has 2 N–H and O–H groups in total. The molecule has 2 rings (SSSR count). The predicted molar refractivity (Wildman–Crippen MR) is 86.2 cm³/mol. The van der Waals surface area contributed by atoms with Crippen LogP contribution in [0.2, 0.25) is 0 Å². The second-order valence-electron chi connectivity index (χ2n) is 6.48. The van der Waals surface area contributed by atoms with E-state index in [-0.39, 0.29) is 0 Å². The Morgan fingerprint density at radius 2 is 1.95 bits per heavy atom. The van der Waals surface area contributed by atoms with Crippen LogP contribution in [0.3, 0.4) is 0 Å². The van der Waals surface area contributed by atoms with Crippen LogP contribution in [0.15, 0.2) is 4.99 Å². The number of guanidine groups is 1. The second kappa shape index (κ2) is 7.87. The maximum absolute atomic E-state index is 4.39.